The van der Waals surface area contributed by atoms with Crippen LogP contribution in [0.1, 0.15) is 36.2 Å². The number of hydrogen-bond donors (Lipinski definition) is 2. The van der Waals surface area contributed by atoms with Gasteiger partial charge in [-0.2, -0.15) is 0 Å². The zero-order valence-corrected chi connectivity index (χ0v) is 10.8. The standard InChI is InChI=1S/C11H17BrN2O2/c12-10-6-5-9(16-10)11(15)14-8-4-2-1-3-7-13/h5-6H,1-4,7-8,13H2,(H,14,15). The molecule has 0 aromatic carbocycles. The zero-order valence-electron chi connectivity index (χ0n) is 9.17. The van der Waals surface area contributed by atoms with Crippen molar-refractivity contribution < 1.29 is 9.21 Å². The predicted octanol–water partition coefficient (Wildman–Crippen LogP) is 2.29. The number of nitrogens with two attached hydrogens (primary N) is 1. The van der Waals surface area contributed by atoms with E-state index in [4.69, 9.17) is 10.2 Å². The molecule has 1 aromatic heterocycles. The Bertz CT molecular complexity index is 326. The molecule has 90 valence electrons. The molecule has 0 aliphatic carbocycles. The summed E-state index contributed by atoms with van der Waals surface area (Å²) in [6.45, 7) is 1.43. The van der Waals surface area contributed by atoms with Gasteiger partial charge in [-0.25, -0.2) is 0 Å². The fourth-order valence-electron chi connectivity index (χ4n) is 1.35. The van der Waals surface area contributed by atoms with Crippen LogP contribution in [0.4, 0.5) is 0 Å². The lowest BCUT2D eigenvalue weighted by Gasteiger charge is -2.02. The van der Waals surface area contributed by atoms with Crippen LogP contribution >= 0.6 is 15.9 Å². The zero-order chi connectivity index (χ0) is 11.8. The SMILES string of the molecule is NCCCCCCNC(=O)c1ccc(Br)o1. The molecule has 1 amide bonds. The minimum Gasteiger partial charge on any atom is -0.444 e. The monoisotopic (exact) mass is 288 g/mol. The molecule has 0 saturated heterocycles. The van der Waals surface area contributed by atoms with Gasteiger partial charge >= 0.3 is 0 Å². The Morgan fingerprint density at radius 2 is 2.06 bits per heavy atom. The molecule has 1 rings (SSSR count). The molecule has 4 nitrogen and oxygen atoms in total. The second kappa shape index (κ2) is 7.46. The minimum absolute atomic E-state index is 0.162. The van der Waals surface area contributed by atoms with Gasteiger partial charge in [0.15, 0.2) is 10.4 Å². The number of carbonyl (C=O) groups is 1. The number of unbranched alkanes of at least 4 members (excludes halogenated alkanes) is 3. The van der Waals surface area contributed by atoms with Crippen molar-refractivity contribution >= 4 is 21.8 Å². The number of rotatable bonds is 7. The van der Waals surface area contributed by atoms with Crippen molar-refractivity contribution in [1.29, 1.82) is 0 Å². The van der Waals surface area contributed by atoms with Crippen molar-refractivity contribution in [3.63, 3.8) is 0 Å². The van der Waals surface area contributed by atoms with Gasteiger partial charge in [-0.1, -0.05) is 12.8 Å². The first kappa shape index (κ1) is 13.3. The van der Waals surface area contributed by atoms with Crippen LogP contribution in [0.2, 0.25) is 0 Å². The Labute approximate surface area is 104 Å². The molecule has 0 spiro atoms. The highest BCUT2D eigenvalue weighted by atomic mass is 79.9. The summed E-state index contributed by atoms with van der Waals surface area (Å²) < 4.78 is 5.70. The predicted molar refractivity (Wildman–Crippen MR) is 66.3 cm³/mol. The van der Waals surface area contributed by atoms with Gasteiger partial charge < -0.3 is 15.5 Å². The van der Waals surface area contributed by atoms with Crippen LogP contribution < -0.4 is 11.1 Å². The van der Waals surface area contributed by atoms with Crippen molar-refractivity contribution in [3.05, 3.63) is 22.6 Å². The lowest BCUT2D eigenvalue weighted by atomic mass is 10.2. The Kier molecular flexibility index (Phi) is 6.18. The van der Waals surface area contributed by atoms with Crippen molar-refractivity contribution in [2.75, 3.05) is 13.1 Å². The highest BCUT2D eigenvalue weighted by molar-refractivity contribution is 9.10. The first-order valence-corrected chi connectivity index (χ1v) is 6.27. The molecule has 0 fully saturated rings. The highest BCUT2D eigenvalue weighted by Gasteiger charge is 2.08. The molecule has 0 aliphatic rings. The van der Waals surface area contributed by atoms with Crippen LogP contribution in [-0.4, -0.2) is 19.0 Å². The number of hydrogen-bond acceptors (Lipinski definition) is 3. The maximum Gasteiger partial charge on any atom is 0.287 e. The number of furan rings is 1. The first-order valence-electron chi connectivity index (χ1n) is 5.47. The molecule has 1 aromatic rings. The molecule has 0 unspecified atom stereocenters. The summed E-state index contributed by atoms with van der Waals surface area (Å²) in [6.07, 6.45) is 4.25. The second-order valence-corrected chi connectivity index (χ2v) is 4.34. The molecule has 5 heteroatoms. The van der Waals surface area contributed by atoms with Crippen LogP contribution in [-0.2, 0) is 0 Å². The molecular weight excluding hydrogens is 272 g/mol. The quantitative estimate of drug-likeness (QED) is 0.757. The lowest BCUT2D eigenvalue weighted by molar-refractivity contribution is 0.0924. The number of carbonyl (C=O) groups excluding carboxylic acids is 1. The fraction of sp³-hybridized carbons (Fsp3) is 0.545. The van der Waals surface area contributed by atoms with Gasteiger partial charge in [0.05, 0.1) is 0 Å². The third-order valence-corrected chi connectivity index (χ3v) is 2.64. The molecule has 0 bridgehead atoms. The van der Waals surface area contributed by atoms with Gasteiger partial charge in [0.1, 0.15) is 0 Å². The van der Waals surface area contributed by atoms with Crippen molar-refractivity contribution in [2.45, 2.75) is 25.7 Å². The smallest absolute Gasteiger partial charge is 0.287 e. The second-order valence-electron chi connectivity index (χ2n) is 3.56. The third-order valence-electron chi connectivity index (χ3n) is 2.21. The van der Waals surface area contributed by atoms with E-state index >= 15 is 0 Å². The van der Waals surface area contributed by atoms with Gasteiger partial charge in [0, 0.05) is 6.54 Å². The minimum atomic E-state index is -0.162. The molecule has 3 N–H and O–H groups in total. The average Bonchev–Trinajstić information content (AvgIpc) is 2.70. The van der Waals surface area contributed by atoms with E-state index in [2.05, 4.69) is 21.2 Å². The van der Waals surface area contributed by atoms with Gasteiger partial charge in [0.2, 0.25) is 0 Å². The van der Waals surface area contributed by atoms with E-state index < -0.39 is 0 Å². The van der Waals surface area contributed by atoms with Crippen molar-refractivity contribution in [1.82, 2.24) is 5.32 Å². The number of halogens is 1. The van der Waals surface area contributed by atoms with E-state index in [-0.39, 0.29) is 5.91 Å². The van der Waals surface area contributed by atoms with Crippen LogP contribution in [0.5, 0.6) is 0 Å². The molecular formula is C11H17BrN2O2. The number of amides is 1. The summed E-state index contributed by atoms with van der Waals surface area (Å²) in [4.78, 5) is 11.5. The molecule has 1 heterocycles. The molecule has 0 saturated carbocycles. The molecule has 0 radical (unpaired) electrons. The maximum atomic E-state index is 11.5. The van der Waals surface area contributed by atoms with E-state index in [1.54, 1.807) is 12.1 Å². The Morgan fingerprint density at radius 3 is 2.69 bits per heavy atom. The van der Waals surface area contributed by atoms with E-state index in [1.807, 2.05) is 0 Å². The van der Waals surface area contributed by atoms with E-state index in [0.29, 0.717) is 17.0 Å². The lowest BCUT2D eigenvalue weighted by Crippen LogP contribution is -2.23. The van der Waals surface area contributed by atoms with Gasteiger partial charge in [0.25, 0.3) is 5.91 Å². The molecule has 16 heavy (non-hydrogen) atoms. The topological polar surface area (TPSA) is 68.3 Å². The van der Waals surface area contributed by atoms with E-state index in [9.17, 15) is 4.79 Å². The van der Waals surface area contributed by atoms with E-state index in [1.165, 1.54) is 0 Å². The summed E-state index contributed by atoms with van der Waals surface area (Å²) in [5.41, 5.74) is 5.38. The van der Waals surface area contributed by atoms with Crippen molar-refractivity contribution in [2.24, 2.45) is 5.73 Å². The van der Waals surface area contributed by atoms with Crippen LogP contribution in [0.3, 0.4) is 0 Å². The summed E-state index contributed by atoms with van der Waals surface area (Å²) in [7, 11) is 0. The molecule has 0 atom stereocenters. The largest absolute Gasteiger partial charge is 0.444 e. The summed E-state index contributed by atoms with van der Waals surface area (Å²) >= 11 is 3.15. The summed E-state index contributed by atoms with van der Waals surface area (Å²) in [6, 6.07) is 3.35. The van der Waals surface area contributed by atoms with Gasteiger partial charge in [-0.05, 0) is 47.4 Å². The maximum absolute atomic E-state index is 11.5. The van der Waals surface area contributed by atoms with Crippen molar-refractivity contribution in [3.8, 4) is 0 Å². The van der Waals surface area contributed by atoms with E-state index in [0.717, 1.165) is 32.2 Å². The molecule has 0 aliphatic heterocycles. The average molecular weight is 289 g/mol. The van der Waals surface area contributed by atoms with Crippen LogP contribution in [0, 0.1) is 0 Å². The van der Waals surface area contributed by atoms with Crippen LogP contribution in [0.25, 0.3) is 0 Å². The Hall–Kier alpha value is -0.810. The normalized spacial score (nSPS) is 10.4. The number of nitrogens with one attached hydrogen (secondary N) is 1. The van der Waals surface area contributed by atoms with Gasteiger partial charge in [-0.15, -0.1) is 0 Å². The van der Waals surface area contributed by atoms with Gasteiger partial charge in [-0.3, -0.25) is 4.79 Å². The fourth-order valence-corrected chi connectivity index (χ4v) is 1.65. The first-order chi connectivity index (χ1) is 7.74. The summed E-state index contributed by atoms with van der Waals surface area (Å²) in [5.74, 6) is 0.179. The Morgan fingerprint density at radius 1 is 1.31 bits per heavy atom. The Balaban J connectivity index is 2.11. The highest BCUT2D eigenvalue weighted by Crippen LogP contribution is 2.13. The third kappa shape index (κ3) is 4.81. The van der Waals surface area contributed by atoms with Crippen LogP contribution in [0.15, 0.2) is 21.2 Å². The summed E-state index contributed by atoms with van der Waals surface area (Å²) in [5, 5.41) is 2.80.